The van der Waals surface area contributed by atoms with Gasteiger partial charge in [-0.15, -0.1) is 0 Å². The van der Waals surface area contributed by atoms with Crippen LogP contribution in [0, 0.1) is 0 Å². The van der Waals surface area contributed by atoms with Crippen LogP contribution in [0.4, 0.5) is 5.69 Å². The van der Waals surface area contributed by atoms with Gasteiger partial charge < -0.3 is 15.4 Å². The third kappa shape index (κ3) is 3.86. The minimum Gasteiger partial charge on any atom is -0.490 e. The summed E-state index contributed by atoms with van der Waals surface area (Å²) in [6.45, 7) is 3.54. The number of amides is 1. The Morgan fingerprint density at radius 2 is 2.11 bits per heavy atom. The van der Waals surface area contributed by atoms with E-state index < -0.39 is 0 Å². The molecule has 1 aliphatic rings. The van der Waals surface area contributed by atoms with Crippen LogP contribution in [0.1, 0.15) is 6.42 Å². The maximum Gasteiger partial charge on any atom is 0.236 e. The number of likely N-dealkylation sites (N-methyl/N-ethyl adjacent to an activating group) is 1. The quantitative estimate of drug-likeness (QED) is 0.817. The minimum atomic E-state index is 0.178. The van der Waals surface area contributed by atoms with E-state index in [4.69, 9.17) is 10.5 Å². The van der Waals surface area contributed by atoms with Gasteiger partial charge in [0.15, 0.2) is 0 Å². The zero-order valence-corrected chi connectivity index (χ0v) is 11.3. The van der Waals surface area contributed by atoms with Crippen molar-refractivity contribution >= 4 is 11.6 Å². The molecule has 0 unspecified atom stereocenters. The fraction of sp³-hybridized carbons (Fsp3) is 0.500. The van der Waals surface area contributed by atoms with Gasteiger partial charge in [-0.25, -0.2) is 0 Å². The first kappa shape index (κ1) is 13.7. The Balaban J connectivity index is 1.79. The van der Waals surface area contributed by atoms with Crippen LogP contribution in [0.15, 0.2) is 24.3 Å². The molecule has 0 bridgehead atoms. The predicted octanol–water partition coefficient (Wildman–Crippen LogP) is 0.812. The SMILES string of the molecule is CN1CCCN(CCOc2ccccc2N)CC1=O. The number of para-hydroxylation sites is 2. The molecule has 2 rings (SSSR count). The smallest absolute Gasteiger partial charge is 0.236 e. The van der Waals surface area contributed by atoms with Crippen molar-refractivity contribution in [3.8, 4) is 5.75 Å². The number of carbonyl (C=O) groups is 1. The number of hydrogen-bond acceptors (Lipinski definition) is 4. The Bertz CT molecular complexity index is 436. The van der Waals surface area contributed by atoms with Crippen molar-refractivity contribution in [3.63, 3.8) is 0 Å². The van der Waals surface area contributed by atoms with E-state index >= 15 is 0 Å². The first-order valence-corrected chi connectivity index (χ1v) is 6.60. The summed E-state index contributed by atoms with van der Waals surface area (Å²) >= 11 is 0. The number of nitrogen functional groups attached to an aromatic ring is 1. The summed E-state index contributed by atoms with van der Waals surface area (Å²) < 4.78 is 5.65. The summed E-state index contributed by atoms with van der Waals surface area (Å²) in [4.78, 5) is 15.7. The van der Waals surface area contributed by atoms with Crippen LogP contribution in [0.5, 0.6) is 5.75 Å². The van der Waals surface area contributed by atoms with Crippen LogP contribution < -0.4 is 10.5 Å². The molecule has 0 atom stereocenters. The van der Waals surface area contributed by atoms with Crippen LogP contribution in [0.3, 0.4) is 0 Å². The molecule has 1 amide bonds. The predicted molar refractivity (Wildman–Crippen MR) is 75.0 cm³/mol. The summed E-state index contributed by atoms with van der Waals surface area (Å²) in [6, 6.07) is 7.46. The molecule has 104 valence electrons. The number of benzene rings is 1. The number of hydrogen-bond donors (Lipinski definition) is 1. The zero-order chi connectivity index (χ0) is 13.7. The summed E-state index contributed by atoms with van der Waals surface area (Å²) in [7, 11) is 1.85. The monoisotopic (exact) mass is 263 g/mol. The van der Waals surface area contributed by atoms with Gasteiger partial charge >= 0.3 is 0 Å². The topological polar surface area (TPSA) is 58.8 Å². The Labute approximate surface area is 113 Å². The van der Waals surface area contributed by atoms with Crippen molar-refractivity contribution in [2.75, 3.05) is 45.6 Å². The van der Waals surface area contributed by atoms with Crippen molar-refractivity contribution < 1.29 is 9.53 Å². The third-order valence-electron chi connectivity index (χ3n) is 3.34. The molecule has 1 fully saturated rings. The van der Waals surface area contributed by atoms with Crippen LogP contribution in [0.25, 0.3) is 0 Å². The summed E-state index contributed by atoms with van der Waals surface area (Å²) in [5, 5.41) is 0. The average molecular weight is 263 g/mol. The second-order valence-electron chi connectivity index (χ2n) is 4.83. The molecule has 0 saturated carbocycles. The molecule has 2 N–H and O–H groups in total. The van der Waals surface area contributed by atoms with Gasteiger partial charge in [0.2, 0.25) is 5.91 Å². The number of ether oxygens (including phenoxy) is 1. The van der Waals surface area contributed by atoms with Crippen molar-refractivity contribution in [2.45, 2.75) is 6.42 Å². The molecule has 1 aromatic rings. The highest BCUT2D eigenvalue weighted by Crippen LogP contribution is 2.19. The van der Waals surface area contributed by atoms with Gasteiger partial charge in [0.05, 0.1) is 12.2 Å². The fourth-order valence-electron chi connectivity index (χ4n) is 2.13. The van der Waals surface area contributed by atoms with Gasteiger partial charge in [-0.2, -0.15) is 0 Å². The number of nitrogens with zero attached hydrogens (tertiary/aromatic N) is 2. The van der Waals surface area contributed by atoms with E-state index in [0.29, 0.717) is 24.6 Å². The number of anilines is 1. The van der Waals surface area contributed by atoms with E-state index in [1.165, 1.54) is 0 Å². The lowest BCUT2D eigenvalue weighted by atomic mass is 10.3. The third-order valence-corrected chi connectivity index (χ3v) is 3.34. The van der Waals surface area contributed by atoms with Gasteiger partial charge in [-0.1, -0.05) is 12.1 Å². The van der Waals surface area contributed by atoms with Crippen molar-refractivity contribution in [1.82, 2.24) is 9.80 Å². The van der Waals surface area contributed by atoms with Crippen LogP contribution in [0.2, 0.25) is 0 Å². The molecule has 19 heavy (non-hydrogen) atoms. The van der Waals surface area contributed by atoms with Crippen molar-refractivity contribution in [3.05, 3.63) is 24.3 Å². The molecule has 5 nitrogen and oxygen atoms in total. The van der Waals surface area contributed by atoms with Gasteiger partial charge in [0.1, 0.15) is 12.4 Å². The Morgan fingerprint density at radius 3 is 2.89 bits per heavy atom. The van der Waals surface area contributed by atoms with Gasteiger partial charge in [-0.3, -0.25) is 9.69 Å². The van der Waals surface area contributed by atoms with E-state index in [2.05, 4.69) is 4.90 Å². The van der Waals surface area contributed by atoms with Crippen molar-refractivity contribution in [2.24, 2.45) is 0 Å². The molecular weight excluding hydrogens is 242 g/mol. The molecule has 1 saturated heterocycles. The van der Waals surface area contributed by atoms with Gasteiger partial charge in [0, 0.05) is 26.7 Å². The molecule has 0 aromatic heterocycles. The number of rotatable bonds is 4. The number of carbonyl (C=O) groups excluding carboxylic acids is 1. The summed E-state index contributed by atoms with van der Waals surface area (Å²) in [5.41, 5.74) is 6.45. The van der Waals surface area contributed by atoms with Crippen LogP contribution >= 0.6 is 0 Å². The molecular formula is C14H21N3O2. The second-order valence-corrected chi connectivity index (χ2v) is 4.83. The van der Waals surface area contributed by atoms with Crippen LogP contribution in [-0.4, -0.2) is 55.5 Å². The van der Waals surface area contributed by atoms with E-state index in [0.717, 1.165) is 26.1 Å². The van der Waals surface area contributed by atoms with E-state index in [9.17, 15) is 4.79 Å². The summed E-state index contributed by atoms with van der Waals surface area (Å²) in [5.74, 6) is 0.887. The largest absolute Gasteiger partial charge is 0.490 e. The molecule has 0 spiro atoms. The first-order valence-electron chi connectivity index (χ1n) is 6.60. The molecule has 5 heteroatoms. The Kier molecular flexibility index (Phi) is 4.63. The summed E-state index contributed by atoms with van der Waals surface area (Å²) in [6.07, 6.45) is 1.01. The maximum absolute atomic E-state index is 11.7. The molecule has 0 radical (unpaired) electrons. The Morgan fingerprint density at radius 1 is 1.32 bits per heavy atom. The van der Waals surface area contributed by atoms with Crippen molar-refractivity contribution in [1.29, 1.82) is 0 Å². The lowest BCUT2D eigenvalue weighted by Gasteiger charge is -2.19. The van der Waals surface area contributed by atoms with E-state index in [-0.39, 0.29) is 5.91 Å². The highest BCUT2D eigenvalue weighted by Gasteiger charge is 2.18. The molecule has 1 aliphatic heterocycles. The lowest BCUT2D eigenvalue weighted by molar-refractivity contribution is -0.129. The normalized spacial score (nSPS) is 17.3. The lowest BCUT2D eigenvalue weighted by Crippen LogP contribution is -2.36. The molecule has 1 aromatic carbocycles. The Hall–Kier alpha value is -1.75. The fourth-order valence-corrected chi connectivity index (χ4v) is 2.13. The number of nitrogens with two attached hydrogens (primary N) is 1. The first-order chi connectivity index (χ1) is 9.16. The van der Waals surface area contributed by atoms with Crippen LogP contribution in [-0.2, 0) is 4.79 Å². The standard InChI is InChI=1S/C14H21N3O2/c1-16-7-4-8-17(11-14(16)18)9-10-19-13-6-3-2-5-12(13)15/h2-3,5-6H,4,7-11,15H2,1H3. The van der Waals surface area contributed by atoms with Gasteiger partial charge in [-0.05, 0) is 18.6 Å². The maximum atomic E-state index is 11.7. The van der Waals surface area contributed by atoms with E-state index in [1.54, 1.807) is 4.90 Å². The second kappa shape index (κ2) is 6.43. The molecule has 0 aliphatic carbocycles. The molecule has 1 heterocycles. The van der Waals surface area contributed by atoms with Gasteiger partial charge in [0.25, 0.3) is 0 Å². The zero-order valence-electron chi connectivity index (χ0n) is 11.3. The minimum absolute atomic E-state index is 0.178. The van der Waals surface area contributed by atoms with E-state index in [1.807, 2.05) is 31.3 Å². The average Bonchev–Trinajstić information content (AvgIpc) is 2.55. The highest BCUT2D eigenvalue weighted by molar-refractivity contribution is 5.78. The highest BCUT2D eigenvalue weighted by atomic mass is 16.5.